The first-order chi connectivity index (χ1) is 14.0. The van der Waals surface area contributed by atoms with Crippen LogP contribution in [0.4, 0.5) is 17.6 Å². The van der Waals surface area contributed by atoms with Crippen LogP contribution in [0.3, 0.4) is 0 Å². The SMILES string of the molecule is C/C=C\C1COC(CCC2COC(c3cc(F)c(OC(F)F)c(F)c3)OC2)OC1. The van der Waals surface area contributed by atoms with Crippen LogP contribution in [0.15, 0.2) is 24.3 Å². The van der Waals surface area contributed by atoms with Crippen LogP contribution in [-0.4, -0.2) is 39.3 Å². The lowest BCUT2D eigenvalue weighted by Gasteiger charge is -2.32. The van der Waals surface area contributed by atoms with Crippen LogP contribution >= 0.6 is 0 Å². The van der Waals surface area contributed by atoms with Crippen molar-refractivity contribution in [3.8, 4) is 5.75 Å². The number of allylic oxidation sites excluding steroid dienone is 1. The van der Waals surface area contributed by atoms with E-state index in [1.807, 2.05) is 13.0 Å². The number of alkyl halides is 2. The van der Waals surface area contributed by atoms with E-state index in [-0.39, 0.29) is 23.7 Å². The molecule has 0 unspecified atom stereocenters. The van der Waals surface area contributed by atoms with Gasteiger partial charge in [0.15, 0.2) is 30.0 Å². The predicted molar refractivity (Wildman–Crippen MR) is 94.4 cm³/mol. The molecule has 1 aromatic carbocycles. The third kappa shape index (κ3) is 6.15. The largest absolute Gasteiger partial charge is 0.429 e. The first-order valence-corrected chi connectivity index (χ1v) is 9.49. The Bertz CT molecular complexity index is 660. The fourth-order valence-electron chi connectivity index (χ4n) is 3.30. The molecular weight excluding hydrogens is 396 g/mol. The third-order valence-corrected chi connectivity index (χ3v) is 4.73. The smallest absolute Gasteiger partial charge is 0.387 e. The van der Waals surface area contributed by atoms with Gasteiger partial charge in [0, 0.05) is 17.4 Å². The fraction of sp³-hybridized carbons (Fsp3) is 0.600. The Morgan fingerprint density at radius 1 is 1.00 bits per heavy atom. The fourth-order valence-corrected chi connectivity index (χ4v) is 3.30. The Balaban J connectivity index is 1.45. The highest BCUT2D eigenvalue weighted by atomic mass is 19.3. The molecule has 29 heavy (non-hydrogen) atoms. The van der Waals surface area contributed by atoms with Gasteiger partial charge in [0.1, 0.15) is 0 Å². The van der Waals surface area contributed by atoms with Crippen LogP contribution in [0.25, 0.3) is 0 Å². The highest BCUT2D eigenvalue weighted by Crippen LogP contribution is 2.32. The van der Waals surface area contributed by atoms with Crippen molar-refractivity contribution in [2.75, 3.05) is 26.4 Å². The minimum absolute atomic E-state index is 0.0639. The third-order valence-electron chi connectivity index (χ3n) is 4.73. The molecule has 3 rings (SSSR count). The Hall–Kier alpha value is -1.68. The zero-order valence-electron chi connectivity index (χ0n) is 16.0. The van der Waals surface area contributed by atoms with Gasteiger partial charge in [-0.2, -0.15) is 8.78 Å². The van der Waals surface area contributed by atoms with Crippen molar-refractivity contribution < 1.29 is 41.2 Å². The molecule has 0 spiro atoms. The van der Waals surface area contributed by atoms with E-state index in [0.29, 0.717) is 32.8 Å². The van der Waals surface area contributed by atoms with E-state index in [4.69, 9.17) is 18.9 Å². The topological polar surface area (TPSA) is 46.2 Å². The highest BCUT2D eigenvalue weighted by Gasteiger charge is 2.28. The molecule has 0 aliphatic carbocycles. The van der Waals surface area contributed by atoms with Crippen molar-refractivity contribution >= 4 is 0 Å². The zero-order chi connectivity index (χ0) is 20.8. The minimum atomic E-state index is -3.32. The average molecular weight is 420 g/mol. The highest BCUT2D eigenvalue weighted by molar-refractivity contribution is 5.32. The molecule has 0 radical (unpaired) electrons. The van der Waals surface area contributed by atoms with Crippen LogP contribution in [0, 0.1) is 23.5 Å². The number of ether oxygens (including phenoxy) is 5. The van der Waals surface area contributed by atoms with Crippen molar-refractivity contribution in [1.82, 2.24) is 0 Å². The molecule has 2 saturated heterocycles. The molecule has 0 amide bonds. The van der Waals surface area contributed by atoms with Crippen LogP contribution < -0.4 is 4.74 Å². The van der Waals surface area contributed by atoms with Gasteiger partial charge in [-0.3, -0.25) is 0 Å². The Kier molecular flexibility index (Phi) is 7.88. The summed E-state index contributed by atoms with van der Waals surface area (Å²) in [6, 6.07) is 1.74. The molecule has 0 N–H and O–H groups in total. The van der Waals surface area contributed by atoms with Gasteiger partial charge in [-0.15, -0.1) is 0 Å². The molecule has 9 heteroatoms. The van der Waals surface area contributed by atoms with Gasteiger partial charge in [0.05, 0.1) is 26.4 Å². The lowest BCUT2D eigenvalue weighted by molar-refractivity contribution is -0.217. The lowest BCUT2D eigenvalue weighted by Crippen LogP contribution is -2.33. The molecule has 0 atom stereocenters. The molecule has 2 aliphatic rings. The second-order valence-electron chi connectivity index (χ2n) is 7.02. The minimum Gasteiger partial charge on any atom is -0.429 e. The average Bonchev–Trinajstić information content (AvgIpc) is 2.70. The van der Waals surface area contributed by atoms with E-state index in [1.165, 1.54) is 0 Å². The number of benzene rings is 1. The summed E-state index contributed by atoms with van der Waals surface area (Å²) in [7, 11) is 0. The second kappa shape index (κ2) is 10.4. The number of hydrogen-bond donors (Lipinski definition) is 0. The molecule has 2 heterocycles. The molecule has 2 fully saturated rings. The summed E-state index contributed by atoms with van der Waals surface area (Å²) in [4.78, 5) is 0. The Morgan fingerprint density at radius 3 is 2.17 bits per heavy atom. The normalized spacial score (nSPS) is 28.2. The molecule has 162 valence electrons. The van der Waals surface area contributed by atoms with Gasteiger partial charge in [-0.1, -0.05) is 12.2 Å². The maximum absolute atomic E-state index is 13.9. The van der Waals surface area contributed by atoms with Crippen molar-refractivity contribution in [3.63, 3.8) is 0 Å². The summed E-state index contributed by atoms with van der Waals surface area (Å²) in [5, 5.41) is 0. The van der Waals surface area contributed by atoms with Gasteiger partial charge in [0.2, 0.25) is 0 Å². The maximum Gasteiger partial charge on any atom is 0.387 e. The Labute approximate surface area is 166 Å². The van der Waals surface area contributed by atoms with E-state index in [1.54, 1.807) is 0 Å². The molecular formula is C20H24F4O5. The van der Waals surface area contributed by atoms with Crippen LogP contribution in [0.5, 0.6) is 5.75 Å². The molecule has 0 bridgehead atoms. The van der Waals surface area contributed by atoms with E-state index in [0.717, 1.165) is 18.6 Å². The molecule has 5 nitrogen and oxygen atoms in total. The number of halogens is 4. The zero-order valence-corrected chi connectivity index (χ0v) is 16.0. The summed E-state index contributed by atoms with van der Waals surface area (Å²) in [5.74, 6) is -3.24. The quantitative estimate of drug-likeness (QED) is 0.478. The van der Waals surface area contributed by atoms with Crippen molar-refractivity contribution in [2.45, 2.75) is 39.0 Å². The maximum atomic E-state index is 13.9. The van der Waals surface area contributed by atoms with Crippen LogP contribution in [-0.2, 0) is 18.9 Å². The van der Waals surface area contributed by atoms with Crippen molar-refractivity contribution in [2.24, 2.45) is 11.8 Å². The number of hydrogen-bond acceptors (Lipinski definition) is 5. The van der Waals surface area contributed by atoms with Gasteiger partial charge in [0.25, 0.3) is 0 Å². The number of rotatable bonds is 7. The van der Waals surface area contributed by atoms with E-state index in [9.17, 15) is 17.6 Å². The Morgan fingerprint density at radius 2 is 1.62 bits per heavy atom. The van der Waals surface area contributed by atoms with E-state index in [2.05, 4.69) is 10.8 Å². The molecule has 2 aliphatic heterocycles. The standard InChI is InChI=1S/C20H24F4O5/c1-2-3-12-8-25-17(26-9-12)5-4-13-10-27-19(28-11-13)14-6-15(21)18(16(22)7-14)29-20(23)24/h2-3,6-7,12-13,17,19-20H,4-5,8-11H2,1H3/b3-2-. The van der Waals surface area contributed by atoms with Gasteiger partial charge in [-0.25, -0.2) is 8.78 Å². The van der Waals surface area contributed by atoms with E-state index >= 15 is 0 Å². The van der Waals surface area contributed by atoms with Crippen molar-refractivity contribution in [3.05, 3.63) is 41.5 Å². The summed E-state index contributed by atoms with van der Waals surface area (Å²) >= 11 is 0. The lowest BCUT2D eigenvalue weighted by atomic mass is 10.0. The van der Waals surface area contributed by atoms with Gasteiger partial charge < -0.3 is 23.7 Å². The summed E-state index contributed by atoms with van der Waals surface area (Å²) in [5.41, 5.74) is 0.0639. The summed E-state index contributed by atoms with van der Waals surface area (Å²) in [6.07, 6.45) is 4.22. The second-order valence-corrected chi connectivity index (χ2v) is 7.02. The molecule has 1 aromatic rings. The first kappa shape index (κ1) is 22.0. The first-order valence-electron chi connectivity index (χ1n) is 9.49. The van der Waals surface area contributed by atoms with Crippen LogP contribution in [0.2, 0.25) is 0 Å². The molecule has 0 saturated carbocycles. The molecule has 0 aromatic heterocycles. The van der Waals surface area contributed by atoms with E-state index < -0.39 is 30.3 Å². The van der Waals surface area contributed by atoms with Gasteiger partial charge in [-0.05, 0) is 31.9 Å². The van der Waals surface area contributed by atoms with Crippen molar-refractivity contribution in [1.29, 1.82) is 0 Å². The summed E-state index contributed by atoms with van der Waals surface area (Å²) < 4.78 is 78.5. The predicted octanol–water partition coefficient (Wildman–Crippen LogP) is 4.57. The van der Waals surface area contributed by atoms with Gasteiger partial charge >= 0.3 is 6.61 Å². The summed E-state index contributed by atoms with van der Waals surface area (Å²) in [6.45, 7) is 0.540. The van der Waals surface area contributed by atoms with Crippen LogP contribution in [0.1, 0.15) is 31.6 Å². The monoisotopic (exact) mass is 420 g/mol.